The van der Waals surface area contributed by atoms with E-state index in [1.54, 1.807) is 0 Å². The molecule has 1 fully saturated rings. The van der Waals surface area contributed by atoms with Crippen molar-refractivity contribution in [2.24, 2.45) is 5.22 Å². The van der Waals surface area contributed by atoms with Gasteiger partial charge in [-0.3, -0.25) is 0 Å². The summed E-state index contributed by atoms with van der Waals surface area (Å²) >= 11 is 0. The van der Waals surface area contributed by atoms with Crippen LogP contribution >= 0.6 is 0 Å². The van der Waals surface area contributed by atoms with Gasteiger partial charge in [0.2, 0.25) is 0 Å². The molecule has 1 heterocycles. The lowest BCUT2D eigenvalue weighted by molar-refractivity contribution is 0.142. The molecule has 2 amide bonds. The van der Waals surface area contributed by atoms with Crippen molar-refractivity contribution in [1.29, 1.82) is 5.53 Å². The smallest absolute Gasteiger partial charge is 0.343 e. The summed E-state index contributed by atoms with van der Waals surface area (Å²) in [5.74, 6) is 0. The summed E-state index contributed by atoms with van der Waals surface area (Å²) in [6.45, 7) is 3.19. The molecule has 0 spiro atoms. The summed E-state index contributed by atoms with van der Waals surface area (Å²) in [4.78, 5) is 13.9. The number of unbranched alkanes of at least 4 members (excludes halogenated alkanes) is 1. The molecule has 0 bridgehead atoms. The Bertz CT molecular complexity index is 543. The SMILES string of the molecule is CCCCc1ccc(N2CC(O)C2)c(N(N=N)C(=O)NC)c1. The molecule has 3 N–H and O–H groups in total. The number of carbonyl (C=O) groups is 1. The molecule has 7 nitrogen and oxygen atoms in total. The number of anilines is 2. The molecule has 1 aromatic carbocycles. The van der Waals surface area contributed by atoms with E-state index in [0.717, 1.165) is 35.5 Å². The van der Waals surface area contributed by atoms with Crippen LogP contribution in [-0.4, -0.2) is 37.4 Å². The minimum atomic E-state index is -0.454. The zero-order chi connectivity index (χ0) is 16.1. The van der Waals surface area contributed by atoms with Gasteiger partial charge in [0.15, 0.2) is 0 Å². The first kappa shape index (κ1) is 16.2. The van der Waals surface area contributed by atoms with Gasteiger partial charge in [-0.2, -0.15) is 10.5 Å². The lowest BCUT2D eigenvalue weighted by Gasteiger charge is -2.39. The molecule has 7 heteroatoms. The van der Waals surface area contributed by atoms with Crippen LogP contribution in [0.15, 0.2) is 23.4 Å². The second-order valence-electron chi connectivity index (χ2n) is 5.45. The zero-order valence-corrected chi connectivity index (χ0v) is 13.0. The van der Waals surface area contributed by atoms with Crippen LogP contribution in [0, 0.1) is 5.53 Å². The average Bonchev–Trinajstić information content (AvgIpc) is 2.50. The summed E-state index contributed by atoms with van der Waals surface area (Å²) in [5, 5.41) is 16.4. The number of aliphatic hydroxyl groups is 1. The lowest BCUT2D eigenvalue weighted by Crippen LogP contribution is -2.51. The number of hydrogen-bond donors (Lipinski definition) is 3. The minimum Gasteiger partial charge on any atom is -0.389 e. The number of amides is 2. The molecule has 1 aromatic rings. The maximum Gasteiger partial charge on any atom is 0.343 e. The molecule has 1 aliphatic rings. The molecule has 22 heavy (non-hydrogen) atoms. The largest absolute Gasteiger partial charge is 0.389 e. The van der Waals surface area contributed by atoms with Crippen molar-refractivity contribution >= 4 is 17.4 Å². The third-order valence-corrected chi connectivity index (χ3v) is 3.80. The Hall–Kier alpha value is -2.15. The first-order chi connectivity index (χ1) is 10.6. The molecule has 2 rings (SSSR count). The highest BCUT2D eigenvalue weighted by Crippen LogP contribution is 2.34. The fourth-order valence-electron chi connectivity index (χ4n) is 2.51. The predicted octanol–water partition coefficient (Wildman–Crippen LogP) is 2.30. The minimum absolute atomic E-state index is 0.339. The number of nitrogens with one attached hydrogen (secondary N) is 2. The fourth-order valence-corrected chi connectivity index (χ4v) is 2.51. The molecule has 0 radical (unpaired) electrons. The van der Waals surface area contributed by atoms with Crippen molar-refractivity contribution in [1.82, 2.24) is 5.32 Å². The van der Waals surface area contributed by atoms with Crippen LogP contribution in [0.4, 0.5) is 16.2 Å². The summed E-state index contributed by atoms with van der Waals surface area (Å²) in [6, 6.07) is 5.42. The molecular weight excluding hydrogens is 282 g/mol. The average molecular weight is 305 g/mol. The second kappa shape index (κ2) is 7.22. The van der Waals surface area contributed by atoms with Crippen molar-refractivity contribution in [3.63, 3.8) is 0 Å². The maximum absolute atomic E-state index is 11.9. The number of aryl methyl sites for hydroxylation is 1. The van der Waals surface area contributed by atoms with E-state index in [9.17, 15) is 9.90 Å². The highest BCUT2D eigenvalue weighted by molar-refractivity contribution is 5.95. The molecule has 120 valence electrons. The van der Waals surface area contributed by atoms with Crippen LogP contribution in [0.5, 0.6) is 0 Å². The maximum atomic E-state index is 11.9. The number of benzene rings is 1. The standard InChI is InChI=1S/C15H23N5O2/c1-3-4-5-11-6-7-13(19-9-12(21)10-19)14(8-11)20(18-16)15(22)17-2/h6-8,12,16,21H,3-5,9-10H2,1-2H3,(H,17,22). The summed E-state index contributed by atoms with van der Waals surface area (Å²) in [7, 11) is 1.51. The van der Waals surface area contributed by atoms with Gasteiger partial charge in [-0.25, -0.2) is 4.79 Å². The van der Waals surface area contributed by atoms with E-state index in [1.165, 1.54) is 7.05 Å². The number of aliphatic hydroxyl groups excluding tert-OH is 1. The third-order valence-electron chi connectivity index (χ3n) is 3.80. The lowest BCUT2D eigenvalue weighted by atomic mass is 10.0. The van der Waals surface area contributed by atoms with Gasteiger partial charge in [0.05, 0.1) is 17.5 Å². The topological polar surface area (TPSA) is 92.0 Å². The Labute approximate surface area is 130 Å². The molecule has 0 saturated carbocycles. The molecule has 0 unspecified atom stereocenters. The molecule has 0 atom stereocenters. The number of rotatable bonds is 6. The van der Waals surface area contributed by atoms with Crippen molar-refractivity contribution in [2.45, 2.75) is 32.3 Å². The van der Waals surface area contributed by atoms with E-state index >= 15 is 0 Å². The number of nitrogens with zero attached hydrogens (tertiary/aromatic N) is 3. The third kappa shape index (κ3) is 3.36. The highest BCUT2D eigenvalue weighted by atomic mass is 16.3. The molecule has 1 saturated heterocycles. The van der Waals surface area contributed by atoms with Crippen LogP contribution in [0.3, 0.4) is 0 Å². The first-order valence-electron chi connectivity index (χ1n) is 7.55. The molecule has 0 aliphatic carbocycles. The van der Waals surface area contributed by atoms with Crippen LogP contribution in [0.25, 0.3) is 0 Å². The number of hydrogen-bond acceptors (Lipinski definition) is 5. The van der Waals surface area contributed by atoms with E-state index in [1.807, 2.05) is 23.1 Å². The predicted molar refractivity (Wildman–Crippen MR) is 85.4 cm³/mol. The summed E-state index contributed by atoms with van der Waals surface area (Å²) in [6.07, 6.45) is 2.75. The fraction of sp³-hybridized carbons (Fsp3) is 0.533. The Kier molecular flexibility index (Phi) is 5.32. The molecule has 0 aromatic heterocycles. The Balaban J connectivity index is 2.35. The van der Waals surface area contributed by atoms with Gasteiger partial charge in [0, 0.05) is 20.1 Å². The van der Waals surface area contributed by atoms with Crippen molar-refractivity contribution in [3.05, 3.63) is 23.8 Å². The monoisotopic (exact) mass is 305 g/mol. The highest BCUT2D eigenvalue weighted by Gasteiger charge is 2.29. The number of β-amino-alcohol motifs (C(OH)–C–C–N with tert-alkyl or cyclic N) is 1. The van der Waals surface area contributed by atoms with Gasteiger partial charge in [-0.15, -0.1) is 0 Å². The Morgan fingerprint density at radius 2 is 2.27 bits per heavy atom. The second-order valence-corrected chi connectivity index (χ2v) is 5.45. The zero-order valence-electron chi connectivity index (χ0n) is 13.0. The van der Waals surface area contributed by atoms with Crippen LogP contribution < -0.4 is 15.2 Å². The Morgan fingerprint density at radius 3 is 2.82 bits per heavy atom. The van der Waals surface area contributed by atoms with Gasteiger partial charge in [0.1, 0.15) is 0 Å². The van der Waals surface area contributed by atoms with Crippen molar-refractivity contribution in [3.8, 4) is 0 Å². The Morgan fingerprint density at radius 1 is 1.55 bits per heavy atom. The normalized spacial score (nSPS) is 14.4. The summed E-state index contributed by atoms with van der Waals surface area (Å²) < 4.78 is 0. The molecular formula is C15H23N5O2. The van der Waals surface area contributed by atoms with Crippen LogP contribution in [-0.2, 0) is 6.42 Å². The van der Waals surface area contributed by atoms with Gasteiger partial charge < -0.3 is 15.3 Å². The molecule has 1 aliphatic heterocycles. The number of carbonyl (C=O) groups excluding carboxylic acids is 1. The van der Waals surface area contributed by atoms with Crippen LogP contribution in [0.2, 0.25) is 0 Å². The first-order valence-corrected chi connectivity index (χ1v) is 7.55. The number of urea groups is 1. The van der Waals surface area contributed by atoms with E-state index in [0.29, 0.717) is 18.8 Å². The van der Waals surface area contributed by atoms with Crippen molar-refractivity contribution < 1.29 is 9.90 Å². The van der Waals surface area contributed by atoms with E-state index < -0.39 is 6.03 Å². The van der Waals surface area contributed by atoms with Gasteiger partial charge >= 0.3 is 6.03 Å². The quantitative estimate of drug-likeness (QED) is 0.556. The van der Waals surface area contributed by atoms with Crippen LogP contribution in [0.1, 0.15) is 25.3 Å². The van der Waals surface area contributed by atoms with E-state index in [-0.39, 0.29) is 6.10 Å². The van der Waals surface area contributed by atoms with Gasteiger partial charge in [-0.1, -0.05) is 24.6 Å². The van der Waals surface area contributed by atoms with E-state index in [2.05, 4.69) is 17.5 Å². The van der Waals surface area contributed by atoms with Gasteiger partial charge in [-0.05, 0) is 30.5 Å². The van der Waals surface area contributed by atoms with Gasteiger partial charge in [0.25, 0.3) is 0 Å². The van der Waals surface area contributed by atoms with Crippen molar-refractivity contribution in [2.75, 3.05) is 30.0 Å². The van der Waals surface area contributed by atoms with E-state index in [4.69, 9.17) is 5.53 Å². The summed E-state index contributed by atoms with van der Waals surface area (Å²) in [5.41, 5.74) is 9.81.